The van der Waals surface area contributed by atoms with Gasteiger partial charge in [0.1, 0.15) is 5.82 Å². The zero-order chi connectivity index (χ0) is 9.68. The molecule has 1 rings (SSSR count). The molecule has 1 aromatic rings. The second-order valence-electron chi connectivity index (χ2n) is 2.91. The molecule has 0 aliphatic heterocycles. The molecule has 3 N–H and O–H groups in total. The van der Waals surface area contributed by atoms with Crippen LogP contribution in [0.4, 0.5) is 5.82 Å². The van der Waals surface area contributed by atoms with Crippen LogP contribution in [0.1, 0.15) is 12.0 Å². The number of hydrogen-bond donors (Lipinski definition) is 2. The van der Waals surface area contributed by atoms with Gasteiger partial charge in [-0.15, -0.1) is 0 Å². The minimum absolute atomic E-state index is 0.705. The fourth-order valence-corrected chi connectivity index (χ4v) is 1.58. The summed E-state index contributed by atoms with van der Waals surface area (Å²) in [5, 5.41) is 3.20. The van der Waals surface area contributed by atoms with E-state index in [-0.39, 0.29) is 0 Å². The Kier molecular flexibility index (Phi) is 4.18. The van der Waals surface area contributed by atoms with Gasteiger partial charge in [0, 0.05) is 12.7 Å². The molecular formula is C9H14BrN3. The summed E-state index contributed by atoms with van der Waals surface area (Å²) in [6.07, 6.45) is 2.80. The van der Waals surface area contributed by atoms with Gasteiger partial charge >= 0.3 is 0 Å². The van der Waals surface area contributed by atoms with E-state index in [9.17, 15) is 0 Å². The third kappa shape index (κ3) is 3.32. The molecule has 0 saturated carbocycles. The fourth-order valence-electron chi connectivity index (χ4n) is 0.972. The van der Waals surface area contributed by atoms with Gasteiger partial charge < -0.3 is 11.1 Å². The third-order valence-corrected chi connectivity index (χ3v) is 2.26. The molecule has 0 aliphatic rings. The Balaban J connectivity index is 2.56. The van der Waals surface area contributed by atoms with Gasteiger partial charge in [0.05, 0.1) is 4.47 Å². The van der Waals surface area contributed by atoms with E-state index in [4.69, 9.17) is 5.73 Å². The minimum Gasteiger partial charge on any atom is -0.369 e. The summed E-state index contributed by atoms with van der Waals surface area (Å²) >= 11 is 3.44. The first-order valence-corrected chi connectivity index (χ1v) is 5.09. The van der Waals surface area contributed by atoms with E-state index >= 15 is 0 Å². The lowest BCUT2D eigenvalue weighted by Gasteiger charge is -2.06. The lowest BCUT2D eigenvalue weighted by atomic mass is 10.3. The maximum Gasteiger partial charge on any atom is 0.140 e. The average molecular weight is 244 g/mol. The van der Waals surface area contributed by atoms with Crippen molar-refractivity contribution in [3.05, 3.63) is 22.3 Å². The molecule has 13 heavy (non-hydrogen) atoms. The van der Waals surface area contributed by atoms with E-state index in [1.54, 1.807) is 0 Å². The van der Waals surface area contributed by atoms with Crippen LogP contribution in [0, 0.1) is 6.92 Å². The third-order valence-electron chi connectivity index (χ3n) is 1.65. The molecular weight excluding hydrogens is 230 g/mol. The molecule has 0 bridgehead atoms. The number of halogens is 1. The second-order valence-corrected chi connectivity index (χ2v) is 3.77. The summed E-state index contributed by atoms with van der Waals surface area (Å²) in [5.74, 6) is 0.888. The Morgan fingerprint density at radius 2 is 2.38 bits per heavy atom. The van der Waals surface area contributed by atoms with Crippen molar-refractivity contribution >= 4 is 21.7 Å². The van der Waals surface area contributed by atoms with Crippen LogP contribution in [0.25, 0.3) is 0 Å². The van der Waals surface area contributed by atoms with Gasteiger partial charge in [0.2, 0.25) is 0 Å². The average Bonchev–Trinajstić information content (AvgIpc) is 2.09. The summed E-state index contributed by atoms with van der Waals surface area (Å²) in [5.41, 5.74) is 6.53. The molecule has 0 radical (unpaired) electrons. The number of nitrogens with zero attached hydrogens (tertiary/aromatic N) is 1. The summed E-state index contributed by atoms with van der Waals surface area (Å²) in [7, 11) is 0. The molecule has 0 atom stereocenters. The summed E-state index contributed by atoms with van der Waals surface area (Å²) < 4.78 is 1.00. The topological polar surface area (TPSA) is 50.9 Å². The molecule has 0 fully saturated rings. The van der Waals surface area contributed by atoms with E-state index in [2.05, 4.69) is 26.2 Å². The standard InChI is InChI=1S/C9H14BrN3/c1-7-5-8(10)9(13-6-7)12-4-2-3-11/h5-6H,2-4,11H2,1H3,(H,12,13). The van der Waals surface area contributed by atoms with Crippen LogP contribution in [0.3, 0.4) is 0 Å². The van der Waals surface area contributed by atoms with Gasteiger partial charge in [-0.3, -0.25) is 0 Å². The Labute approximate surface area is 86.9 Å². The summed E-state index contributed by atoms with van der Waals surface area (Å²) in [4.78, 5) is 4.25. The first-order chi connectivity index (χ1) is 6.24. The van der Waals surface area contributed by atoms with Crippen molar-refractivity contribution in [1.82, 2.24) is 4.98 Å². The van der Waals surface area contributed by atoms with E-state index in [1.165, 1.54) is 0 Å². The molecule has 0 spiro atoms. The van der Waals surface area contributed by atoms with E-state index in [0.29, 0.717) is 6.54 Å². The van der Waals surface area contributed by atoms with Crippen molar-refractivity contribution in [2.75, 3.05) is 18.4 Å². The normalized spacial score (nSPS) is 10.1. The molecule has 0 aliphatic carbocycles. The molecule has 1 aromatic heterocycles. The number of hydrogen-bond acceptors (Lipinski definition) is 3. The van der Waals surface area contributed by atoms with Crippen molar-refractivity contribution in [1.29, 1.82) is 0 Å². The fraction of sp³-hybridized carbons (Fsp3) is 0.444. The van der Waals surface area contributed by atoms with Crippen LogP contribution in [-0.4, -0.2) is 18.1 Å². The predicted molar refractivity (Wildman–Crippen MR) is 58.8 cm³/mol. The second kappa shape index (κ2) is 5.19. The SMILES string of the molecule is Cc1cnc(NCCCN)c(Br)c1. The van der Waals surface area contributed by atoms with Crippen molar-refractivity contribution in [2.45, 2.75) is 13.3 Å². The molecule has 0 unspecified atom stereocenters. The van der Waals surface area contributed by atoms with Crippen LogP contribution in [0.5, 0.6) is 0 Å². The van der Waals surface area contributed by atoms with Crippen LogP contribution in [-0.2, 0) is 0 Å². The number of nitrogens with two attached hydrogens (primary N) is 1. The summed E-state index contributed by atoms with van der Waals surface area (Å²) in [6.45, 7) is 3.59. The van der Waals surface area contributed by atoms with Crippen molar-refractivity contribution in [3.8, 4) is 0 Å². The molecule has 3 nitrogen and oxygen atoms in total. The van der Waals surface area contributed by atoms with Gasteiger partial charge in [-0.2, -0.15) is 0 Å². The quantitative estimate of drug-likeness (QED) is 0.795. The molecule has 1 heterocycles. The summed E-state index contributed by atoms with van der Waals surface area (Å²) in [6, 6.07) is 2.04. The highest BCUT2D eigenvalue weighted by Gasteiger charge is 1.99. The molecule has 4 heteroatoms. The lowest BCUT2D eigenvalue weighted by Crippen LogP contribution is -2.09. The van der Waals surface area contributed by atoms with Crippen molar-refractivity contribution < 1.29 is 0 Å². The van der Waals surface area contributed by atoms with E-state index in [1.807, 2.05) is 19.2 Å². The number of pyridine rings is 1. The highest BCUT2D eigenvalue weighted by Crippen LogP contribution is 2.19. The monoisotopic (exact) mass is 243 g/mol. The first kappa shape index (κ1) is 10.5. The van der Waals surface area contributed by atoms with Crippen molar-refractivity contribution in [2.24, 2.45) is 5.73 Å². The number of rotatable bonds is 4. The Hall–Kier alpha value is -0.610. The van der Waals surface area contributed by atoms with E-state index in [0.717, 1.165) is 28.8 Å². The predicted octanol–water partition coefficient (Wildman–Crippen LogP) is 1.91. The lowest BCUT2D eigenvalue weighted by molar-refractivity contribution is 0.869. The maximum absolute atomic E-state index is 5.38. The van der Waals surface area contributed by atoms with Gasteiger partial charge in [-0.25, -0.2) is 4.98 Å². The molecule has 0 aromatic carbocycles. The highest BCUT2D eigenvalue weighted by atomic mass is 79.9. The van der Waals surface area contributed by atoms with E-state index < -0.39 is 0 Å². The smallest absolute Gasteiger partial charge is 0.140 e. The van der Waals surface area contributed by atoms with Crippen LogP contribution < -0.4 is 11.1 Å². The number of aryl methyl sites for hydroxylation is 1. The zero-order valence-electron chi connectivity index (χ0n) is 7.68. The minimum atomic E-state index is 0.705. The zero-order valence-corrected chi connectivity index (χ0v) is 9.26. The van der Waals surface area contributed by atoms with Crippen LogP contribution in [0.15, 0.2) is 16.7 Å². The Morgan fingerprint density at radius 1 is 1.62 bits per heavy atom. The number of nitrogens with one attached hydrogen (secondary N) is 1. The number of anilines is 1. The first-order valence-electron chi connectivity index (χ1n) is 4.30. The Morgan fingerprint density at radius 3 is 3.00 bits per heavy atom. The molecule has 0 amide bonds. The van der Waals surface area contributed by atoms with Crippen LogP contribution >= 0.6 is 15.9 Å². The maximum atomic E-state index is 5.38. The van der Waals surface area contributed by atoms with Gasteiger partial charge in [-0.05, 0) is 47.4 Å². The number of aromatic nitrogens is 1. The largest absolute Gasteiger partial charge is 0.369 e. The van der Waals surface area contributed by atoms with Gasteiger partial charge in [0.25, 0.3) is 0 Å². The molecule has 0 saturated heterocycles. The van der Waals surface area contributed by atoms with Gasteiger partial charge in [-0.1, -0.05) is 0 Å². The van der Waals surface area contributed by atoms with Gasteiger partial charge in [0.15, 0.2) is 0 Å². The van der Waals surface area contributed by atoms with Crippen LogP contribution in [0.2, 0.25) is 0 Å². The molecule has 72 valence electrons. The van der Waals surface area contributed by atoms with Crippen molar-refractivity contribution in [3.63, 3.8) is 0 Å². The Bertz CT molecular complexity index is 276. The highest BCUT2D eigenvalue weighted by molar-refractivity contribution is 9.10.